The number of rotatable bonds is 0. The molecule has 0 heterocycles. The summed E-state index contributed by atoms with van der Waals surface area (Å²) in [5, 5.41) is 17.4. The Labute approximate surface area is 79.0 Å². The van der Waals surface area contributed by atoms with Crippen molar-refractivity contribution in [3.63, 3.8) is 0 Å². The molecular weight excluding hydrogens is 251 g/mol. The van der Waals surface area contributed by atoms with Crippen LogP contribution in [0.4, 0.5) is 0 Å². The molecule has 0 radical (unpaired) electrons. The molecule has 2 unspecified atom stereocenters. The van der Waals surface area contributed by atoms with Gasteiger partial charge in [-0.05, 0) is 0 Å². The Morgan fingerprint density at radius 1 is 1.36 bits per heavy atom. The van der Waals surface area contributed by atoms with Gasteiger partial charge in [0.25, 0.3) is 0 Å². The van der Waals surface area contributed by atoms with Gasteiger partial charge in [0, 0.05) is 0 Å². The van der Waals surface area contributed by atoms with Gasteiger partial charge in [-0.3, -0.25) is 0 Å². The first-order chi connectivity index (χ1) is 5.23. The predicted octanol–water partition coefficient (Wildman–Crippen LogP) is 1.95. The summed E-state index contributed by atoms with van der Waals surface area (Å²) in [4.78, 5) is 0. The fourth-order valence-corrected chi connectivity index (χ4v) is 1.41. The monoisotopic (exact) mass is 256 g/mol. The van der Waals surface area contributed by atoms with Crippen LogP contribution in [0.5, 0.6) is 0 Å². The third-order valence-electron chi connectivity index (χ3n) is 1.52. The molecule has 2 nitrogen and oxygen atoms in total. The van der Waals surface area contributed by atoms with E-state index in [1.807, 2.05) is 22.6 Å². The first-order valence-electron chi connectivity index (χ1n) is 3.09. The van der Waals surface area contributed by atoms with E-state index in [1.54, 1.807) is 24.3 Å². The van der Waals surface area contributed by atoms with Gasteiger partial charge in [0.1, 0.15) is 3.42 Å². The van der Waals surface area contributed by atoms with E-state index in [0.717, 1.165) is 0 Å². The molecule has 0 aromatic rings. The zero-order chi connectivity index (χ0) is 8.32. The molecule has 0 aromatic heterocycles. The fourth-order valence-electron chi connectivity index (χ4n) is 0.858. The molecule has 0 saturated heterocycles. The van der Waals surface area contributed by atoms with Crippen LogP contribution < -0.4 is 0 Å². The van der Waals surface area contributed by atoms with Crippen LogP contribution in [0, 0.1) is 28.6 Å². The zero-order valence-corrected chi connectivity index (χ0v) is 7.82. The van der Waals surface area contributed by atoms with Crippen LogP contribution in [0.2, 0.25) is 0 Å². The predicted molar refractivity (Wildman–Crippen MR) is 49.7 cm³/mol. The molecule has 1 aliphatic rings. The van der Waals surface area contributed by atoms with Gasteiger partial charge in [0.05, 0.1) is 18.1 Å². The van der Waals surface area contributed by atoms with Gasteiger partial charge in [-0.1, -0.05) is 46.9 Å². The summed E-state index contributed by atoms with van der Waals surface area (Å²) >= 11 is 1.99. The molecule has 0 fully saturated rings. The fraction of sp³-hybridized carbons (Fsp3) is 0.250. The molecule has 0 amide bonds. The maximum absolute atomic E-state index is 8.76. The van der Waals surface area contributed by atoms with Crippen molar-refractivity contribution >= 4 is 22.6 Å². The molecule has 1 rings (SSSR count). The van der Waals surface area contributed by atoms with Gasteiger partial charge in [0.2, 0.25) is 0 Å². The van der Waals surface area contributed by atoms with Gasteiger partial charge >= 0.3 is 0 Å². The van der Waals surface area contributed by atoms with Crippen LogP contribution in [0.1, 0.15) is 0 Å². The highest BCUT2D eigenvalue weighted by Crippen LogP contribution is 2.32. The molecule has 0 aliphatic heterocycles. The molecule has 0 aromatic carbocycles. The minimum absolute atomic E-state index is 0.321. The Kier molecular flexibility index (Phi) is 2.31. The van der Waals surface area contributed by atoms with Gasteiger partial charge in [-0.25, -0.2) is 0 Å². The second-order valence-corrected chi connectivity index (χ2v) is 4.02. The maximum Gasteiger partial charge on any atom is 0.146 e. The Balaban J connectivity index is 3.00. The number of allylic oxidation sites excluding steroid dienone is 4. The van der Waals surface area contributed by atoms with Crippen molar-refractivity contribution in [1.82, 2.24) is 0 Å². The van der Waals surface area contributed by atoms with Crippen LogP contribution in [0.25, 0.3) is 0 Å². The molecule has 2 atom stereocenters. The van der Waals surface area contributed by atoms with Crippen molar-refractivity contribution in [2.45, 2.75) is 3.42 Å². The number of hydrogen-bond acceptors (Lipinski definition) is 2. The van der Waals surface area contributed by atoms with Gasteiger partial charge in [-0.2, -0.15) is 10.5 Å². The number of alkyl halides is 1. The highest BCUT2D eigenvalue weighted by Gasteiger charge is 2.33. The molecule has 11 heavy (non-hydrogen) atoms. The number of nitriles is 2. The Morgan fingerprint density at radius 2 is 2.09 bits per heavy atom. The normalized spacial score (nSPS) is 34.3. The van der Waals surface area contributed by atoms with E-state index in [0.29, 0.717) is 0 Å². The van der Waals surface area contributed by atoms with Crippen molar-refractivity contribution in [3.05, 3.63) is 24.3 Å². The summed E-state index contributed by atoms with van der Waals surface area (Å²) < 4.78 is -0.665. The lowest BCUT2D eigenvalue weighted by Gasteiger charge is -2.20. The minimum Gasteiger partial charge on any atom is -0.198 e. The lowest BCUT2D eigenvalue weighted by Crippen LogP contribution is -2.25. The van der Waals surface area contributed by atoms with Crippen LogP contribution in [0.3, 0.4) is 0 Å². The zero-order valence-electron chi connectivity index (χ0n) is 5.66. The third kappa shape index (κ3) is 1.44. The van der Waals surface area contributed by atoms with E-state index in [9.17, 15) is 0 Å². The van der Waals surface area contributed by atoms with Crippen molar-refractivity contribution in [1.29, 1.82) is 10.5 Å². The lowest BCUT2D eigenvalue weighted by atomic mass is 9.91. The van der Waals surface area contributed by atoms with E-state index in [4.69, 9.17) is 10.5 Å². The molecule has 1 aliphatic carbocycles. The number of halogens is 1. The largest absolute Gasteiger partial charge is 0.198 e. The van der Waals surface area contributed by atoms with Gasteiger partial charge in [-0.15, -0.1) is 0 Å². The van der Waals surface area contributed by atoms with E-state index in [2.05, 4.69) is 12.1 Å². The summed E-state index contributed by atoms with van der Waals surface area (Å²) in [7, 11) is 0. The SMILES string of the molecule is N#CC1C=CC=CC1(I)C#N. The first-order valence-corrected chi connectivity index (χ1v) is 4.16. The quantitative estimate of drug-likeness (QED) is 0.491. The molecule has 0 spiro atoms. The molecule has 0 N–H and O–H groups in total. The van der Waals surface area contributed by atoms with Crippen LogP contribution in [-0.2, 0) is 0 Å². The molecule has 0 bridgehead atoms. The summed E-state index contributed by atoms with van der Waals surface area (Å²) in [5.74, 6) is -0.321. The average molecular weight is 256 g/mol. The molecule has 3 heteroatoms. The minimum atomic E-state index is -0.665. The van der Waals surface area contributed by atoms with Crippen molar-refractivity contribution < 1.29 is 0 Å². The van der Waals surface area contributed by atoms with E-state index >= 15 is 0 Å². The van der Waals surface area contributed by atoms with Crippen LogP contribution in [0.15, 0.2) is 24.3 Å². The summed E-state index contributed by atoms with van der Waals surface area (Å²) in [6.45, 7) is 0. The van der Waals surface area contributed by atoms with Gasteiger partial charge < -0.3 is 0 Å². The number of hydrogen-bond donors (Lipinski definition) is 0. The van der Waals surface area contributed by atoms with Crippen LogP contribution >= 0.6 is 22.6 Å². The van der Waals surface area contributed by atoms with E-state index < -0.39 is 3.42 Å². The Morgan fingerprint density at radius 3 is 2.55 bits per heavy atom. The highest BCUT2D eigenvalue weighted by atomic mass is 127. The average Bonchev–Trinajstić information content (AvgIpc) is 2.05. The van der Waals surface area contributed by atoms with Crippen molar-refractivity contribution in [2.24, 2.45) is 5.92 Å². The molecule has 0 saturated carbocycles. The summed E-state index contributed by atoms with van der Waals surface area (Å²) in [6.07, 6.45) is 7.09. The van der Waals surface area contributed by atoms with E-state index in [-0.39, 0.29) is 5.92 Å². The highest BCUT2D eigenvalue weighted by molar-refractivity contribution is 14.1. The third-order valence-corrected chi connectivity index (χ3v) is 2.79. The van der Waals surface area contributed by atoms with Gasteiger partial charge in [0.15, 0.2) is 0 Å². The molecular formula is C8H5IN2. The van der Waals surface area contributed by atoms with Crippen molar-refractivity contribution in [3.8, 4) is 12.1 Å². The smallest absolute Gasteiger partial charge is 0.146 e. The molecule has 54 valence electrons. The summed E-state index contributed by atoms with van der Waals surface area (Å²) in [6, 6.07) is 4.18. The Hall–Kier alpha value is -0.810. The second kappa shape index (κ2) is 3.06. The second-order valence-electron chi connectivity index (χ2n) is 2.23. The number of nitrogens with zero attached hydrogens (tertiary/aromatic N) is 2. The first kappa shape index (κ1) is 8.29. The van der Waals surface area contributed by atoms with Crippen LogP contribution in [-0.4, -0.2) is 3.42 Å². The summed E-state index contributed by atoms with van der Waals surface area (Å²) in [5.41, 5.74) is 0. The maximum atomic E-state index is 8.76. The van der Waals surface area contributed by atoms with E-state index in [1.165, 1.54) is 0 Å². The topological polar surface area (TPSA) is 47.6 Å². The lowest BCUT2D eigenvalue weighted by molar-refractivity contribution is 0.771. The standard InChI is InChI=1S/C8H5IN2/c9-8(6-11)4-2-1-3-7(8)5-10/h1-4,7H. The Bertz CT molecular complexity index is 292. The van der Waals surface area contributed by atoms with Crippen molar-refractivity contribution in [2.75, 3.05) is 0 Å².